The SMILES string of the molecule is CNc1cn2ncc(Oc3cnc4nc(Nc5cc(C(F)(F)F)cn(C6CCCOC6)c5=O)n(C)c4c3C)c2cn1. The molecular weight excluding hydrogens is 543 g/mol. The van der Waals surface area contributed by atoms with Crippen LogP contribution in [-0.2, 0) is 18.0 Å². The number of fused-ring (bicyclic) bond motifs is 2. The maximum Gasteiger partial charge on any atom is 0.417 e. The molecule has 1 atom stereocenters. The largest absolute Gasteiger partial charge is 0.451 e. The molecule has 0 saturated carbocycles. The van der Waals surface area contributed by atoms with Gasteiger partial charge in [0.05, 0.1) is 48.5 Å². The number of aromatic nitrogens is 7. The summed E-state index contributed by atoms with van der Waals surface area (Å²) in [5.41, 5.74) is 0.421. The molecule has 1 aliphatic rings. The zero-order valence-electron chi connectivity index (χ0n) is 22.4. The van der Waals surface area contributed by atoms with Crippen LogP contribution in [0.2, 0.25) is 0 Å². The van der Waals surface area contributed by atoms with Crippen LogP contribution in [0.15, 0.2) is 41.8 Å². The Morgan fingerprint density at radius 3 is 2.71 bits per heavy atom. The second-order valence-electron chi connectivity index (χ2n) is 9.73. The number of halogens is 3. The molecule has 2 N–H and O–H groups in total. The van der Waals surface area contributed by atoms with Crippen LogP contribution in [0.1, 0.15) is 30.0 Å². The van der Waals surface area contributed by atoms with Gasteiger partial charge in [0.2, 0.25) is 5.95 Å². The van der Waals surface area contributed by atoms with Crippen molar-refractivity contribution < 1.29 is 22.6 Å². The monoisotopic (exact) mass is 569 g/mol. The molecule has 0 aromatic carbocycles. The number of imidazole rings is 1. The molecule has 0 radical (unpaired) electrons. The summed E-state index contributed by atoms with van der Waals surface area (Å²) < 4.78 is 57.3. The summed E-state index contributed by atoms with van der Waals surface area (Å²) in [6.45, 7) is 2.49. The fourth-order valence-electron chi connectivity index (χ4n) is 4.91. The van der Waals surface area contributed by atoms with Crippen LogP contribution in [0, 0.1) is 6.92 Å². The van der Waals surface area contributed by atoms with Crippen molar-refractivity contribution in [3.05, 3.63) is 58.5 Å². The predicted octanol–water partition coefficient (Wildman–Crippen LogP) is 4.43. The first-order valence-corrected chi connectivity index (χ1v) is 12.8. The molecule has 12 nitrogen and oxygen atoms in total. The van der Waals surface area contributed by atoms with Gasteiger partial charge in [0, 0.05) is 32.5 Å². The first-order chi connectivity index (χ1) is 19.6. The number of pyridine rings is 2. The molecule has 1 aliphatic heterocycles. The van der Waals surface area contributed by atoms with Gasteiger partial charge in [0.1, 0.15) is 17.0 Å². The van der Waals surface area contributed by atoms with E-state index in [9.17, 15) is 18.0 Å². The zero-order valence-corrected chi connectivity index (χ0v) is 22.4. The summed E-state index contributed by atoms with van der Waals surface area (Å²) in [7, 11) is 3.43. The van der Waals surface area contributed by atoms with Crippen molar-refractivity contribution in [2.24, 2.45) is 7.05 Å². The van der Waals surface area contributed by atoms with E-state index >= 15 is 0 Å². The van der Waals surface area contributed by atoms with E-state index in [1.165, 1.54) is 6.20 Å². The van der Waals surface area contributed by atoms with Gasteiger partial charge in [-0.1, -0.05) is 0 Å². The summed E-state index contributed by atoms with van der Waals surface area (Å²) in [4.78, 5) is 26.5. The average molecular weight is 570 g/mol. The minimum absolute atomic E-state index is 0.149. The maximum atomic E-state index is 13.8. The van der Waals surface area contributed by atoms with Crippen LogP contribution >= 0.6 is 0 Å². The van der Waals surface area contributed by atoms with Gasteiger partial charge >= 0.3 is 6.18 Å². The number of hydrogen-bond acceptors (Lipinski definition) is 9. The Kier molecular flexibility index (Phi) is 6.52. The van der Waals surface area contributed by atoms with Gasteiger partial charge < -0.3 is 29.2 Å². The number of anilines is 3. The van der Waals surface area contributed by atoms with Gasteiger partial charge in [-0.05, 0) is 25.8 Å². The Morgan fingerprint density at radius 2 is 1.98 bits per heavy atom. The minimum atomic E-state index is -4.65. The highest BCUT2D eigenvalue weighted by Gasteiger charge is 2.33. The molecule has 15 heteroatoms. The fourth-order valence-corrected chi connectivity index (χ4v) is 4.91. The van der Waals surface area contributed by atoms with Crippen molar-refractivity contribution >= 4 is 34.1 Å². The summed E-state index contributed by atoms with van der Waals surface area (Å²) in [6, 6.07) is 0.304. The number of nitrogens with one attached hydrogen (secondary N) is 2. The van der Waals surface area contributed by atoms with Crippen LogP contribution in [0.3, 0.4) is 0 Å². The Balaban J connectivity index is 1.36. The van der Waals surface area contributed by atoms with Crippen LogP contribution in [0.4, 0.5) is 30.6 Å². The topological polar surface area (TPSA) is 125 Å². The average Bonchev–Trinajstić information content (AvgIpc) is 3.51. The van der Waals surface area contributed by atoms with Crippen molar-refractivity contribution in [3.63, 3.8) is 0 Å². The van der Waals surface area contributed by atoms with Crippen molar-refractivity contribution in [1.29, 1.82) is 0 Å². The third kappa shape index (κ3) is 4.81. The lowest BCUT2D eigenvalue weighted by Crippen LogP contribution is -2.32. The molecule has 5 aromatic rings. The van der Waals surface area contributed by atoms with Crippen LogP contribution in [0.25, 0.3) is 16.7 Å². The Morgan fingerprint density at radius 1 is 1.15 bits per heavy atom. The van der Waals surface area contributed by atoms with Gasteiger partial charge in [-0.2, -0.15) is 23.3 Å². The molecule has 0 spiro atoms. The fraction of sp³-hybridized carbons (Fsp3) is 0.346. The van der Waals surface area contributed by atoms with Gasteiger partial charge in [0.25, 0.3) is 5.56 Å². The standard InChI is InChI=1S/C26H26F3N9O3/c1-14-19(41-20-10-33-38-12-21(30-2)31-8-18(20)38)9-32-23-22(14)36(3)25(35-23)34-17-7-15(26(27,28)29)11-37(24(17)39)16-5-4-6-40-13-16/h7-12,16,30H,4-6,13H2,1-3H3,(H,32,34,35). The van der Waals surface area contributed by atoms with Gasteiger partial charge in [-0.15, -0.1) is 0 Å². The Bertz CT molecular complexity index is 1820. The molecule has 6 heterocycles. The van der Waals surface area contributed by atoms with Crippen molar-refractivity contribution in [3.8, 4) is 11.5 Å². The molecule has 0 bridgehead atoms. The molecule has 214 valence electrons. The lowest BCUT2D eigenvalue weighted by molar-refractivity contribution is -0.138. The van der Waals surface area contributed by atoms with E-state index in [0.29, 0.717) is 59.0 Å². The zero-order chi connectivity index (χ0) is 28.9. The third-order valence-corrected chi connectivity index (χ3v) is 7.10. The van der Waals surface area contributed by atoms with Crippen molar-refractivity contribution in [2.75, 3.05) is 30.9 Å². The van der Waals surface area contributed by atoms with E-state index in [2.05, 4.69) is 30.7 Å². The molecule has 41 heavy (non-hydrogen) atoms. The van der Waals surface area contributed by atoms with E-state index in [1.807, 2.05) is 6.92 Å². The minimum Gasteiger partial charge on any atom is -0.451 e. The Labute approximate surface area is 230 Å². The number of alkyl halides is 3. The van der Waals surface area contributed by atoms with E-state index in [-0.39, 0.29) is 18.2 Å². The molecule has 1 unspecified atom stereocenters. The predicted molar refractivity (Wildman–Crippen MR) is 144 cm³/mol. The molecule has 0 amide bonds. The van der Waals surface area contributed by atoms with E-state index < -0.39 is 23.3 Å². The third-order valence-electron chi connectivity index (χ3n) is 7.10. The van der Waals surface area contributed by atoms with Crippen molar-refractivity contribution in [2.45, 2.75) is 32.0 Å². The Hall–Kier alpha value is -4.66. The van der Waals surface area contributed by atoms with Gasteiger partial charge in [-0.3, -0.25) is 4.79 Å². The number of ether oxygens (including phenoxy) is 2. The summed E-state index contributed by atoms with van der Waals surface area (Å²) in [5, 5.41) is 10.1. The van der Waals surface area contributed by atoms with Crippen LogP contribution in [-0.4, -0.2) is 54.0 Å². The van der Waals surface area contributed by atoms with Crippen LogP contribution < -0.4 is 20.9 Å². The van der Waals surface area contributed by atoms with Crippen LogP contribution in [0.5, 0.6) is 11.5 Å². The molecule has 5 aromatic heterocycles. The molecule has 0 aliphatic carbocycles. The summed E-state index contributed by atoms with van der Waals surface area (Å²) in [6.07, 6.45) is 3.81. The van der Waals surface area contributed by atoms with E-state index in [4.69, 9.17) is 9.47 Å². The second-order valence-corrected chi connectivity index (χ2v) is 9.73. The molecular formula is C26H26F3N9O3. The molecule has 1 fully saturated rings. The lowest BCUT2D eigenvalue weighted by Gasteiger charge is -2.25. The highest BCUT2D eigenvalue weighted by molar-refractivity contribution is 5.81. The van der Waals surface area contributed by atoms with Gasteiger partial charge in [-0.25, -0.2) is 14.5 Å². The number of hydrogen-bond donors (Lipinski definition) is 2. The number of aryl methyl sites for hydroxylation is 2. The highest BCUT2D eigenvalue weighted by Crippen LogP contribution is 2.34. The second kappa shape index (κ2) is 10.1. The first kappa shape index (κ1) is 26.6. The molecule has 1 saturated heterocycles. The maximum absolute atomic E-state index is 13.8. The lowest BCUT2D eigenvalue weighted by atomic mass is 10.1. The number of nitrogens with zero attached hydrogens (tertiary/aromatic N) is 7. The number of rotatable bonds is 6. The first-order valence-electron chi connectivity index (χ1n) is 12.8. The normalized spacial score (nSPS) is 15.9. The van der Waals surface area contributed by atoms with Crippen molar-refractivity contribution in [1.82, 2.24) is 33.7 Å². The summed E-state index contributed by atoms with van der Waals surface area (Å²) >= 11 is 0. The van der Waals surface area contributed by atoms with Gasteiger partial charge in [0.15, 0.2) is 17.1 Å². The van der Waals surface area contributed by atoms with E-state index in [1.54, 1.807) is 41.8 Å². The molecule has 6 rings (SSSR count). The smallest absolute Gasteiger partial charge is 0.417 e. The highest BCUT2D eigenvalue weighted by atomic mass is 19.4. The quantitative estimate of drug-likeness (QED) is 0.306. The van der Waals surface area contributed by atoms with E-state index in [0.717, 1.165) is 16.8 Å². The summed E-state index contributed by atoms with van der Waals surface area (Å²) in [5.74, 6) is 1.68.